The monoisotopic (exact) mass is 334 g/mol. The van der Waals surface area contributed by atoms with Crippen LogP contribution in [0.15, 0.2) is 18.2 Å². The van der Waals surface area contributed by atoms with Gasteiger partial charge in [-0.1, -0.05) is 13.0 Å². The summed E-state index contributed by atoms with van der Waals surface area (Å²) in [6, 6.07) is 4.89. The van der Waals surface area contributed by atoms with E-state index in [0.717, 1.165) is 10.5 Å². The number of rotatable bonds is 7. The molecular weight excluding hydrogens is 312 g/mol. The highest BCUT2D eigenvalue weighted by Gasteiger charge is 2.51. The van der Waals surface area contributed by atoms with Crippen molar-refractivity contribution in [2.45, 2.75) is 38.6 Å². The molecule has 0 aliphatic carbocycles. The maximum atomic E-state index is 12.9. The molecule has 0 radical (unpaired) electrons. The van der Waals surface area contributed by atoms with Gasteiger partial charge in [-0.15, -0.1) is 0 Å². The summed E-state index contributed by atoms with van der Waals surface area (Å²) in [4.78, 5) is 36.8. The van der Waals surface area contributed by atoms with E-state index in [2.05, 4.69) is 5.32 Å². The molecule has 1 heterocycles. The first-order chi connectivity index (χ1) is 11.4. The molecule has 0 spiro atoms. The van der Waals surface area contributed by atoms with Crippen molar-refractivity contribution in [3.05, 3.63) is 29.3 Å². The molecule has 2 rings (SSSR count). The van der Waals surface area contributed by atoms with Crippen LogP contribution in [0.2, 0.25) is 0 Å². The number of nitrogens with zero attached hydrogens (tertiary/aromatic N) is 1. The predicted molar refractivity (Wildman–Crippen MR) is 86.8 cm³/mol. The molecule has 1 saturated heterocycles. The van der Waals surface area contributed by atoms with Crippen LogP contribution in [0.1, 0.15) is 37.3 Å². The number of amides is 3. The number of aryl methyl sites for hydroxylation is 1. The number of carbonyl (C=O) groups excluding carboxylic acids is 2. The molecule has 0 bridgehead atoms. The van der Waals surface area contributed by atoms with Crippen LogP contribution in [0.5, 0.6) is 5.75 Å². The third-order valence-corrected chi connectivity index (χ3v) is 4.37. The van der Waals surface area contributed by atoms with Crippen molar-refractivity contribution in [1.29, 1.82) is 0 Å². The van der Waals surface area contributed by atoms with Gasteiger partial charge in [-0.3, -0.25) is 14.5 Å². The van der Waals surface area contributed by atoms with Gasteiger partial charge in [0, 0.05) is 13.0 Å². The van der Waals surface area contributed by atoms with E-state index in [-0.39, 0.29) is 25.3 Å². The number of ether oxygens (including phenoxy) is 1. The van der Waals surface area contributed by atoms with E-state index in [1.54, 1.807) is 19.2 Å². The third kappa shape index (κ3) is 3.06. The molecule has 1 unspecified atom stereocenters. The molecule has 0 saturated carbocycles. The quantitative estimate of drug-likeness (QED) is 0.744. The Hall–Kier alpha value is -2.57. The lowest BCUT2D eigenvalue weighted by molar-refractivity contribution is -0.138. The number of carboxylic acid groups (broad SMARTS) is 1. The number of hydrogen-bond acceptors (Lipinski definition) is 4. The van der Waals surface area contributed by atoms with Crippen LogP contribution in [-0.2, 0) is 15.1 Å². The van der Waals surface area contributed by atoms with Crippen LogP contribution in [0.3, 0.4) is 0 Å². The van der Waals surface area contributed by atoms with Crippen molar-refractivity contribution in [3.63, 3.8) is 0 Å². The number of nitrogens with one attached hydrogen (secondary N) is 1. The standard InChI is InChI=1S/C17H22N2O5/c1-4-17(12-7-8-13(24-3)11(2)10-12)15(22)19(16(23)18-17)9-5-6-14(20)21/h7-8,10H,4-6,9H2,1-3H3,(H,18,23)(H,20,21). The molecule has 7 nitrogen and oxygen atoms in total. The highest BCUT2D eigenvalue weighted by molar-refractivity contribution is 6.07. The molecule has 2 N–H and O–H groups in total. The summed E-state index contributed by atoms with van der Waals surface area (Å²) in [5.41, 5.74) is 0.453. The smallest absolute Gasteiger partial charge is 0.325 e. The van der Waals surface area contributed by atoms with Crippen LogP contribution >= 0.6 is 0 Å². The van der Waals surface area contributed by atoms with Crippen LogP contribution in [0, 0.1) is 6.92 Å². The minimum Gasteiger partial charge on any atom is -0.496 e. The minimum atomic E-state index is -1.11. The van der Waals surface area contributed by atoms with Crippen LogP contribution in [-0.4, -0.2) is 41.6 Å². The Balaban J connectivity index is 2.29. The first-order valence-electron chi connectivity index (χ1n) is 7.86. The third-order valence-electron chi connectivity index (χ3n) is 4.37. The largest absolute Gasteiger partial charge is 0.496 e. The summed E-state index contributed by atoms with van der Waals surface area (Å²) in [6.07, 6.45) is 0.548. The summed E-state index contributed by atoms with van der Waals surface area (Å²) in [5.74, 6) is -0.584. The molecule has 1 fully saturated rings. The number of methoxy groups -OCH3 is 1. The van der Waals surface area contributed by atoms with Gasteiger partial charge in [0.25, 0.3) is 5.91 Å². The topological polar surface area (TPSA) is 95.9 Å². The number of carboxylic acids is 1. The second-order valence-corrected chi connectivity index (χ2v) is 5.83. The van der Waals surface area contributed by atoms with Gasteiger partial charge in [0.1, 0.15) is 11.3 Å². The predicted octanol–water partition coefficient (Wildman–Crippen LogP) is 2.03. The molecule has 1 aliphatic rings. The normalized spacial score (nSPS) is 20.2. The Bertz CT molecular complexity index is 673. The average Bonchev–Trinajstić information content (AvgIpc) is 2.79. The number of urea groups is 1. The SMILES string of the molecule is CCC1(c2ccc(OC)c(C)c2)NC(=O)N(CCCC(=O)O)C1=O. The number of hydrogen-bond donors (Lipinski definition) is 2. The van der Waals surface area contributed by atoms with Gasteiger partial charge in [-0.05, 0) is 43.0 Å². The van der Waals surface area contributed by atoms with Crippen molar-refractivity contribution in [2.75, 3.05) is 13.7 Å². The van der Waals surface area contributed by atoms with E-state index in [0.29, 0.717) is 17.7 Å². The summed E-state index contributed by atoms with van der Waals surface area (Å²) >= 11 is 0. The average molecular weight is 334 g/mol. The number of benzene rings is 1. The maximum Gasteiger partial charge on any atom is 0.325 e. The molecule has 24 heavy (non-hydrogen) atoms. The fourth-order valence-electron chi connectivity index (χ4n) is 3.00. The fourth-order valence-corrected chi connectivity index (χ4v) is 3.00. The highest BCUT2D eigenvalue weighted by atomic mass is 16.5. The maximum absolute atomic E-state index is 12.9. The van der Waals surface area contributed by atoms with Gasteiger partial charge in [0.05, 0.1) is 7.11 Å². The zero-order chi connectivity index (χ0) is 17.9. The molecular formula is C17H22N2O5. The Kier molecular flexibility index (Phi) is 5.11. The van der Waals surface area contributed by atoms with Crippen LogP contribution in [0.25, 0.3) is 0 Å². The first kappa shape index (κ1) is 17.8. The lowest BCUT2D eigenvalue weighted by Gasteiger charge is -2.26. The number of aliphatic carboxylic acids is 1. The molecule has 130 valence electrons. The molecule has 1 aromatic carbocycles. The van der Waals surface area contributed by atoms with Crippen LogP contribution < -0.4 is 10.1 Å². The van der Waals surface area contributed by atoms with Crippen molar-refractivity contribution in [1.82, 2.24) is 10.2 Å². The molecule has 0 aromatic heterocycles. The van der Waals surface area contributed by atoms with Crippen molar-refractivity contribution in [3.8, 4) is 5.75 Å². The van der Waals surface area contributed by atoms with E-state index < -0.39 is 17.5 Å². The molecule has 1 aliphatic heterocycles. The molecule has 3 amide bonds. The number of carbonyl (C=O) groups is 3. The summed E-state index contributed by atoms with van der Waals surface area (Å²) in [7, 11) is 1.57. The Morgan fingerprint density at radius 1 is 1.38 bits per heavy atom. The van der Waals surface area contributed by atoms with Gasteiger partial charge in [-0.25, -0.2) is 4.79 Å². The molecule has 1 atom stereocenters. The molecule has 1 aromatic rings. The highest BCUT2D eigenvalue weighted by Crippen LogP contribution is 2.34. The summed E-state index contributed by atoms with van der Waals surface area (Å²) in [5, 5.41) is 11.5. The number of imide groups is 1. The van der Waals surface area contributed by atoms with Gasteiger partial charge in [0.15, 0.2) is 0 Å². The lowest BCUT2D eigenvalue weighted by Crippen LogP contribution is -2.43. The zero-order valence-corrected chi connectivity index (χ0v) is 14.1. The Morgan fingerprint density at radius 3 is 2.62 bits per heavy atom. The van der Waals surface area contributed by atoms with Gasteiger partial charge in [0.2, 0.25) is 0 Å². The fraction of sp³-hybridized carbons (Fsp3) is 0.471. The second kappa shape index (κ2) is 6.90. The van der Waals surface area contributed by atoms with E-state index in [1.165, 1.54) is 0 Å². The summed E-state index contributed by atoms with van der Waals surface area (Å²) in [6.45, 7) is 3.80. The minimum absolute atomic E-state index is 0.0855. The van der Waals surface area contributed by atoms with Crippen LogP contribution in [0.4, 0.5) is 4.79 Å². The van der Waals surface area contributed by atoms with Gasteiger partial charge < -0.3 is 15.2 Å². The molecule has 7 heteroatoms. The van der Waals surface area contributed by atoms with Gasteiger partial charge in [-0.2, -0.15) is 0 Å². The van der Waals surface area contributed by atoms with E-state index in [4.69, 9.17) is 9.84 Å². The van der Waals surface area contributed by atoms with Crippen molar-refractivity contribution in [2.24, 2.45) is 0 Å². The van der Waals surface area contributed by atoms with Crippen molar-refractivity contribution < 1.29 is 24.2 Å². The van der Waals surface area contributed by atoms with E-state index in [1.807, 2.05) is 19.9 Å². The Morgan fingerprint density at radius 2 is 2.08 bits per heavy atom. The summed E-state index contributed by atoms with van der Waals surface area (Å²) < 4.78 is 5.24. The zero-order valence-electron chi connectivity index (χ0n) is 14.1. The second-order valence-electron chi connectivity index (χ2n) is 5.83. The van der Waals surface area contributed by atoms with E-state index >= 15 is 0 Å². The lowest BCUT2D eigenvalue weighted by atomic mass is 9.86. The van der Waals surface area contributed by atoms with E-state index in [9.17, 15) is 14.4 Å². The first-order valence-corrected chi connectivity index (χ1v) is 7.86. The van der Waals surface area contributed by atoms with Gasteiger partial charge >= 0.3 is 12.0 Å². The van der Waals surface area contributed by atoms with Crippen molar-refractivity contribution >= 4 is 17.9 Å². The Labute approximate surface area is 140 Å².